The monoisotopic (exact) mass is 223 g/mol. The molecule has 2 atom stereocenters. The van der Waals surface area contributed by atoms with Crippen LogP contribution < -0.4 is 5.32 Å². The number of benzene rings is 1. The fraction of sp³-hybridized carbons (Fsp3) is 0.500. The highest BCUT2D eigenvalue weighted by Gasteiger charge is 2.23. The van der Waals surface area contributed by atoms with E-state index in [1.807, 2.05) is 6.92 Å². The van der Waals surface area contributed by atoms with E-state index in [1.165, 1.54) is 6.07 Å². The van der Waals surface area contributed by atoms with Crippen molar-refractivity contribution in [3.05, 3.63) is 23.8 Å². The van der Waals surface area contributed by atoms with E-state index in [1.54, 1.807) is 12.1 Å². The predicted molar refractivity (Wildman–Crippen MR) is 60.4 cm³/mol. The molecule has 0 bridgehead atoms. The quantitative estimate of drug-likeness (QED) is 0.724. The molecule has 1 aromatic carbocycles. The van der Waals surface area contributed by atoms with Crippen molar-refractivity contribution in [1.82, 2.24) is 5.32 Å². The van der Waals surface area contributed by atoms with Gasteiger partial charge in [-0.25, -0.2) is 0 Å². The molecule has 0 saturated carbocycles. The van der Waals surface area contributed by atoms with Crippen LogP contribution in [0.1, 0.15) is 18.9 Å². The Morgan fingerprint density at radius 3 is 2.88 bits per heavy atom. The number of ether oxygens (including phenoxy) is 1. The van der Waals surface area contributed by atoms with Crippen LogP contribution in [0, 0.1) is 0 Å². The zero-order valence-electron chi connectivity index (χ0n) is 9.31. The van der Waals surface area contributed by atoms with E-state index in [0.717, 1.165) is 18.6 Å². The SMILES string of the molecule is CC1OCCC1NCc1ccc(O)cc1O. The maximum atomic E-state index is 9.60. The molecule has 0 aliphatic carbocycles. The first kappa shape index (κ1) is 11.2. The first-order valence-corrected chi connectivity index (χ1v) is 5.52. The molecule has 2 unspecified atom stereocenters. The summed E-state index contributed by atoms with van der Waals surface area (Å²) in [6.07, 6.45) is 1.22. The Labute approximate surface area is 94.9 Å². The molecule has 1 aromatic rings. The Morgan fingerprint density at radius 2 is 2.25 bits per heavy atom. The van der Waals surface area contributed by atoms with Gasteiger partial charge in [0.25, 0.3) is 0 Å². The number of aromatic hydroxyl groups is 2. The third-order valence-electron chi connectivity index (χ3n) is 3.00. The van der Waals surface area contributed by atoms with Crippen LogP contribution in [0.5, 0.6) is 11.5 Å². The molecule has 3 N–H and O–H groups in total. The lowest BCUT2D eigenvalue weighted by Gasteiger charge is -2.16. The van der Waals surface area contributed by atoms with E-state index in [0.29, 0.717) is 12.6 Å². The molecule has 1 saturated heterocycles. The highest BCUT2D eigenvalue weighted by Crippen LogP contribution is 2.23. The van der Waals surface area contributed by atoms with Crippen LogP contribution in [0.2, 0.25) is 0 Å². The van der Waals surface area contributed by atoms with E-state index in [-0.39, 0.29) is 17.6 Å². The smallest absolute Gasteiger partial charge is 0.123 e. The average molecular weight is 223 g/mol. The van der Waals surface area contributed by atoms with Crippen LogP contribution in [0.15, 0.2) is 18.2 Å². The second kappa shape index (κ2) is 4.72. The highest BCUT2D eigenvalue weighted by atomic mass is 16.5. The summed E-state index contributed by atoms with van der Waals surface area (Å²) in [5, 5.41) is 22.1. The Kier molecular flexibility index (Phi) is 3.31. The van der Waals surface area contributed by atoms with E-state index in [4.69, 9.17) is 9.84 Å². The van der Waals surface area contributed by atoms with Crippen molar-refractivity contribution in [2.45, 2.75) is 32.0 Å². The lowest BCUT2D eigenvalue weighted by Crippen LogP contribution is -2.34. The molecule has 1 aliphatic rings. The fourth-order valence-corrected chi connectivity index (χ4v) is 1.94. The number of rotatable bonds is 3. The van der Waals surface area contributed by atoms with Gasteiger partial charge in [0.05, 0.1) is 6.10 Å². The lowest BCUT2D eigenvalue weighted by molar-refractivity contribution is 0.113. The summed E-state index contributed by atoms with van der Waals surface area (Å²) in [5.74, 6) is 0.206. The van der Waals surface area contributed by atoms with E-state index in [9.17, 15) is 5.11 Å². The van der Waals surface area contributed by atoms with Crippen LogP contribution in [0.3, 0.4) is 0 Å². The van der Waals surface area contributed by atoms with E-state index >= 15 is 0 Å². The molecule has 1 heterocycles. The summed E-state index contributed by atoms with van der Waals surface area (Å²) in [6, 6.07) is 4.99. The van der Waals surface area contributed by atoms with Crippen LogP contribution >= 0.6 is 0 Å². The van der Waals surface area contributed by atoms with Crippen LogP contribution in [0.25, 0.3) is 0 Å². The summed E-state index contributed by atoms with van der Waals surface area (Å²) >= 11 is 0. The van der Waals surface area contributed by atoms with Gasteiger partial charge in [-0.1, -0.05) is 6.07 Å². The van der Waals surface area contributed by atoms with Crippen molar-refractivity contribution in [3.8, 4) is 11.5 Å². The first-order valence-electron chi connectivity index (χ1n) is 5.52. The number of phenols is 2. The van der Waals surface area contributed by atoms with Crippen molar-refractivity contribution < 1.29 is 14.9 Å². The molecule has 1 fully saturated rings. The van der Waals surface area contributed by atoms with Gasteiger partial charge in [0.15, 0.2) is 0 Å². The second-order valence-corrected chi connectivity index (χ2v) is 4.16. The zero-order valence-corrected chi connectivity index (χ0v) is 9.31. The molecule has 4 heteroatoms. The maximum Gasteiger partial charge on any atom is 0.123 e. The van der Waals surface area contributed by atoms with Crippen LogP contribution in [-0.4, -0.2) is 29.0 Å². The average Bonchev–Trinajstić information content (AvgIpc) is 2.63. The topological polar surface area (TPSA) is 61.7 Å². The molecule has 0 amide bonds. The third kappa shape index (κ3) is 2.46. The normalized spacial score (nSPS) is 24.8. The van der Waals surface area contributed by atoms with Gasteiger partial charge in [0.1, 0.15) is 11.5 Å². The summed E-state index contributed by atoms with van der Waals surface area (Å²) < 4.78 is 5.44. The number of hydrogen-bond acceptors (Lipinski definition) is 4. The standard InChI is InChI=1S/C12H17NO3/c1-8-11(4-5-16-8)13-7-9-2-3-10(14)6-12(9)15/h2-3,6,8,11,13-15H,4-5,7H2,1H3. The first-order chi connectivity index (χ1) is 7.66. The fourth-order valence-electron chi connectivity index (χ4n) is 1.94. The van der Waals surface area contributed by atoms with Crippen molar-refractivity contribution in [3.63, 3.8) is 0 Å². The molecule has 0 spiro atoms. The van der Waals surface area contributed by atoms with E-state index < -0.39 is 0 Å². The number of hydrogen-bond donors (Lipinski definition) is 3. The van der Waals surface area contributed by atoms with Crippen LogP contribution in [0.4, 0.5) is 0 Å². The number of nitrogens with one attached hydrogen (secondary N) is 1. The molecule has 0 aromatic heterocycles. The van der Waals surface area contributed by atoms with E-state index in [2.05, 4.69) is 5.32 Å². The molecule has 88 valence electrons. The van der Waals surface area contributed by atoms with Crippen molar-refractivity contribution in [1.29, 1.82) is 0 Å². The summed E-state index contributed by atoms with van der Waals surface area (Å²) in [6.45, 7) is 3.42. The van der Waals surface area contributed by atoms with Crippen molar-refractivity contribution >= 4 is 0 Å². The van der Waals surface area contributed by atoms with Gasteiger partial charge in [-0.05, 0) is 19.4 Å². The molecule has 1 aliphatic heterocycles. The van der Waals surface area contributed by atoms with Crippen molar-refractivity contribution in [2.24, 2.45) is 0 Å². The van der Waals surface area contributed by atoms with Gasteiger partial charge in [-0.15, -0.1) is 0 Å². The van der Waals surface area contributed by atoms with Crippen molar-refractivity contribution in [2.75, 3.05) is 6.61 Å². The molecule has 2 rings (SSSR count). The van der Waals surface area contributed by atoms with Gasteiger partial charge in [-0.3, -0.25) is 0 Å². The van der Waals surface area contributed by atoms with Gasteiger partial charge in [0, 0.05) is 30.8 Å². The zero-order chi connectivity index (χ0) is 11.5. The minimum absolute atomic E-state index is 0.0822. The largest absolute Gasteiger partial charge is 0.508 e. The van der Waals surface area contributed by atoms with Gasteiger partial charge in [0.2, 0.25) is 0 Å². The third-order valence-corrected chi connectivity index (χ3v) is 3.00. The molecule has 16 heavy (non-hydrogen) atoms. The molecule has 4 nitrogen and oxygen atoms in total. The second-order valence-electron chi connectivity index (χ2n) is 4.16. The van der Waals surface area contributed by atoms with Gasteiger partial charge < -0.3 is 20.3 Å². The Morgan fingerprint density at radius 1 is 1.44 bits per heavy atom. The minimum atomic E-state index is 0.0822. The predicted octanol–water partition coefficient (Wildman–Crippen LogP) is 1.36. The molecular formula is C12H17NO3. The Bertz CT molecular complexity index is 367. The maximum absolute atomic E-state index is 9.60. The molecule has 0 radical (unpaired) electrons. The summed E-state index contributed by atoms with van der Waals surface area (Å²) in [7, 11) is 0. The summed E-state index contributed by atoms with van der Waals surface area (Å²) in [4.78, 5) is 0. The summed E-state index contributed by atoms with van der Waals surface area (Å²) in [5.41, 5.74) is 0.789. The Balaban J connectivity index is 1.94. The lowest BCUT2D eigenvalue weighted by atomic mass is 10.1. The molecular weight excluding hydrogens is 206 g/mol. The van der Waals surface area contributed by atoms with Crippen LogP contribution in [-0.2, 0) is 11.3 Å². The Hall–Kier alpha value is -1.26. The number of phenolic OH excluding ortho intramolecular Hbond substituents is 2. The van der Waals surface area contributed by atoms with Gasteiger partial charge in [-0.2, -0.15) is 0 Å². The van der Waals surface area contributed by atoms with Gasteiger partial charge >= 0.3 is 0 Å². The highest BCUT2D eigenvalue weighted by molar-refractivity contribution is 5.38. The minimum Gasteiger partial charge on any atom is -0.508 e.